The van der Waals surface area contributed by atoms with Crippen LogP contribution in [0.5, 0.6) is 11.5 Å². The number of anilines is 2. The lowest BCUT2D eigenvalue weighted by Gasteiger charge is -2.31. The second kappa shape index (κ2) is 15.0. The molecule has 1 aromatic carbocycles. The number of unbranched alkanes of at least 4 members (excludes halogenated alkanes) is 1. The smallest absolute Gasteiger partial charge is 0.225 e. The van der Waals surface area contributed by atoms with Gasteiger partial charge < -0.3 is 30.1 Å². The van der Waals surface area contributed by atoms with Gasteiger partial charge in [0.05, 0.1) is 38.9 Å². The summed E-state index contributed by atoms with van der Waals surface area (Å²) >= 11 is 0. The number of aliphatic hydroxyl groups is 1. The zero-order valence-corrected chi connectivity index (χ0v) is 26.1. The van der Waals surface area contributed by atoms with Crippen molar-refractivity contribution < 1.29 is 14.6 Å². The number of rotatable bonds is 14. The van der Waals surface area contributed by atoms with Gasteiger partial charge in [0.1, 0.15) is 22.8 Å². The number of piperazine rings is 1. The summed E-state index contributed by atoms with van der Waals surface area (Å²) in [5.74, 6) is 3.23. The molecule has 12 nitrogen and oxygen atoms in total. The second-order valence-corrected chi connectivity index (χ2v) is 11.2. The molecule has 12 heteroatoms. The number of benzene rings is 1. The first-order valence-corrected chi connectivity index (χ1v) is 15.2. The monoisotopic (exact) mass is 601 g/mol. The summed E-state index contributed by atoms with van der Waals surface area (Å²) in [4.78, 5) is 28.4. The minimum atomic E-state index is -0.148. The van der Waals surface area contributed by atoms with Crippen molar-refractivity contribution >= 4 is 22.8 Å². The van der Waals surface area contributed by atoms with Gasteiger partial charge in [0.15, 0.2) is 5.82 Å². The van der Waals surface area contributed by atoms with E-state index < -0.39 is 0 Å². The van der Waals surface area contributed by atoms with Crippen molar-refractivity contribution in [2.75, 3.05) is 64.7 Å². The van der Waals surface area contributed by atoms with E-state index in [0.29, 0.717) is 35.1 Å². The van der Waals surface area contributed by atoms with Crippen LogP contribution in [0.2, 0.25) is 0 Å². The molecule has 0 spiro atoms. The van der Waals surface area contributed by atoms with Crippen LogP contribution in [0, 0.1) is 0 Å². The fraction of sp³-hybridized carbons (Fsp3) is 0.469. The highest BCUT2D eigenvalue weighted by Gasteiger charge is 2.17. The predicted octanol–water partition coefficient (Wildman–Crippen LogP) is 3.82. The van der Waals surface area contributed by atoms with E-state index in [4.69, 9.17) is 24.4 Å². The maximum absolute atomic E-state index is 10.1. The zero-order chi connectivity index (χ0) is 30.9. The molecule has 1 saturated heterocycles. The number of hydrogen-bond donors (Lipinski definition) is 3. The molecular weight excluding hydrogens is 558 g/mol. The van der Waals surface area contributed by atoms with Gasteiger partial charge in [0.2, 0.25) is 5.95 Å². The molecule has 0 aliphatic carbocycles. The number of likely N-dealkylation sites (N-methyl/N-ethyl adjacent to an activating group) is 1. The minimum Gasteiger partial charge on any atom is -0.497 e. The fourth-order valence-electron chi connectivity index (χ4n) is 5.17. The number of nitrogens with zero attached hydrogens (tertiary/aromatic N) is 7. The number of fused-ring (bicyclic) bond motifs is 1. The highest BCUT2D eigenvalue weighted by Crippen LogP contribution is 2.28. The molecule has 234 valence electrons. The zero-order valence-electron chi connectivity index (χ0n) is 26.1. The summed E-state index contributed by atoms with van der Waals surface area (Å²) in [6.07, 6.45) is 8.35. The molecule has 44 heavy (non-hydrogen) atoms. The quantitative estimate of drug-likeness (QED) is 0.194. The Labute approximate surface area is 258 Å². The van der Waals surface area contributed by atoms with Crippen molar-refractivity contribution in [3.8, 4) is 22.6 Å². The van der Waals surface area contributed by atoms with Crippen LogP contribution < -0.4 is 20.1 Å². The molecule has 3 N–H and O–H groups in total. The van der Waals surface area contributed by atoms with Crippen LogP contribution in [-0.2, 0) is 13.1 Å². The number of hydrogen-bond acceptors (Lipinski definition) is 12. The maximum atomic E-state index is 10.1. The molecule has 4 heterocycles. The SMILES string of the molecule is CCCCC(CO)Nc1nc(NCc2ccc(OC)cc2OC)nc2cc(-c3cnc(CN4CCN(C)CC4)nc3)cnc12. The van der Waals surface area contributed by atoms with E-state index in [9.17, 15) is 5.11 Å². The van der Waals surface area contributed by atoms with Gasteiger partial charge in [-0.1, -0.05) is 19.8 Å². The number of ether oxygens (including phenoxy) is 2. The Bertz CT molecular complexity index is 1510. The number of aromatic nitrogens is 5. The molecule has 0 bridgehead atoms. The van der Waals surface area contributed by atoms with E-state index in [1.807, 2.05) is 36.7 Å². The topological polar surface area (TPSA) is 134 Å². The average molecular weight is 602 g/mol. The van der Waals surface area contributed by atoms with Gasteiger partial charge in [-0.3, -0.25) is 9.88 Å². The number of nitrogens with one attached hydrogen (secondary N) is 2. The summed E-state index contributed by atoms with van der Waals surface area (Å²) in [7, 11) is 5.41. The van der Waals surface area contributed by atoms with Gasteiger partial charge in [-0.25, -0.2) is 15.0 Å². The highest BCUT2D eigenvalue weighted by atomic mass is 16.5. The molecular formula is C32H43N9O3. The van der Waals surface area contributed by atoms with Crippen molar-refractivity contribution in [3.63, 3.8) is 0 Å². The Morgan fingerprint density at radius 2 is 1.73 bits per heavy atom. The standard InChI is InChI=1S/C32H43N9O3/c1-5-6-7-25(21-42)37-31-30-27(38-32(39-31)36-16-22-8-9-26(43-3)15-28(22)44-4)14-23(17-35-30)24-18-33-29(34-19-24)20-41-12-10-40(2)11-13-41/h8-9,14-15,17-19,25,42H,5-7,10-13,16,20-21H2,1-4H3,(H2,36,37,38,39). The third kappa shape index (κ3) is 7.87. The first kappa shape index (κ1) is 31.3. The van der Waals surface area contributed by atoms with Crippen LogP contribution >= 0.6 is 0 Å². The van der Waals surface area contributed by atoms with E-state index in [1.54, 1.807) is 20.4 Å². The molecule has 0 saturated carbocycles. The normalized spacial score (nSPS) is 14.8. The molecule has 1 aliphatic rings. The van der Waals surface area contributed by atoms with Crippen LogP contribution in [0.4, 0.5) is 11.8 Å². The van der Waals surface area contributed by atoms with Crippen LogP contribution in [0.1, 0.15) is 37.6 Å². The highest BCUT2D eigenvalue weighted by molar-refractivity contribution is 5.89. The second-order valence-electron chi connectivity index (χ2n) is 11.2. The molecule has 0 amide bonds. The Morgan fingerprint density at radius 1 is 0.955 bits per heavy atom. The van der Waals surface area contributed by atoms with Crippen molar-refractivity contribution in [2.45, 2.75) is 45.3 Å². The summed E-state index contributed by atoms with van der Waals surface area (Å²) < 4.78 is 10.9. The number of methoxy groups -OCH3 is 2. The predicted molar refractivity (Wildman–Crippen MR) is 172 cm³/mol. The van der Waals surface area contributed by atoms with Gasteiger partial charge in [-0.05, 0) is 31.7 Å². The summed E-state index contributed by atoms with van der Waals surface area (Å²) in [5.41, 5.74) is 3.95. The fourth-order valence-corrected chi connectivity index (χ4v) is 5.17. The van der Waals surface area contributed by atoms with E-state index >= 15 is 0 Å². The molecule has 5 rings (SSSR count). The molecule has 1 fully saturated rings. The molecule has 1 aliphatic heterocycles. The number of aliphatic hydroxyl groups excluding tert-OH is 1. The van der Waals surface area contributed by atoms with E-state index in [1.165, 1.54) is 0 Å². The van der Waals surface area contributed by atoms with Crippen LogP contribution in [0.25, 0.3) is 22.2 Å². The van der Waals surface area contributed by atoms with Gasteiger partial charge in [-0.15, -0.1) is 0 Å². The largest absolute Gasteiger partial charge is 0.497 e. The Balaban J connectivity index is 1.41. The van der Waals surface area contributed by atoms with Crippen LogP contribution in [-0.4, -0.2) is 99.9 Å². The van der Waals surface area contributed by atoms with Crippen LogP contribution in [0.15, 0.2) is 42.9 Å². The molecule has 1 unspecified atom stereocenters. The van der Waals surface area contributed by atoms with Crippen molar-refractivity contribution in [2.24, 2.45) is 0 Å². The minimum absolute atomic E-state index is 0.00674. The van der Waals surface area contributed by atoms with Gasteiger partial charge >= 0.3 is 0 Å². The van der Waals surface area contributed by atoms with E-state index in [-0.39, 0.29) is 12.6 Å². The Kier molecular flexibility index (Phi) is 10.7. The first-order valence-electron chi connectivity index (χ1n) is 15.2. The van der Waals surface area contributed by atoms with Gasteiger partial charge in [0.25, 0.3) is 0 Å². The van der Waals surface area contributed by atoms with Crippen molar-refractivity contribution in [1.29, 1.82) is 0 Å². The van der Waals surface area contributed by atoms with E-state index in [2.05, 4.69) is 44.4 Å². The van der Waals surface area contributed by atoms with E-state index in [0.717, 1.165) is 80.3 Å². The summed E-state index contributed by atoms with van der Waals surface area (Å²) in [6.45, 7) is 7.46. The number of pyridine rings is 1. The molecule has 1 atom stereocenters. The van der Waals surface area contributed by atoms with Gasteiger partial charge in [-0.2, -0.15) is 4.98 Å². The Morgan fingerprint density at radius 3 is 2.43 bits per heavy atom. The third-order valence-corrected chi connectivity index (χ3v) is 7.93. The first-order chi connectivity index (χ1) is 21.5. The molecule has 3 aromatic heterocycles. The summed E-state index contributed by atoms with van der Waals surface area (Å²) in [6, 6.07) is 7.52. The Hall–Kier alpha value is -4.13. The lowest BCUT2D eigenvalue weighted by atomic mass is 10.1. The van der Waals surface area contributed by atoms with Crippen molar-refractivity contribution in [1.82, 2.24) is 34.7 Å². The lowest BCUT2D eigenvalue weighted by Crippen LogP contribution is -2.44. The third-order valence-electron chi connectivity index (χ3n) is 7.93. The lowest BCUT2D eigenvalue weighted by molar-refractivity contribution is 0.145. The van der Waals surface area contributed by atoms with Crippen LogP contribution in [0.3, 0.4) is 0 Å². The molecule has 4 aromatic rings. The van der Waals surface area contributed by atoms with Crippen molar-refractivity contribution in [3.05, 3.63) is 54.2 Å². The molecule has 0 radical (unpaired) electrons. The average Bonchev–Trinajstić information content (AvgIpc) is 3.06. The maximum Gasteiger partial charge on any atom is 0.225 e. The van der Waals surface area contributed by atoms with Gasteiger partial charge in [0, 0.05) is 74.1 Å². The summed E-state index contributed by atoms with van der Waals surface area (Å²) in [5, 5.41) is 16.8.